The second-order valence-electron chi connectivity index (χ2n) is 7.20. The van der Waals surface area contributed by atoms with Crippen LogP contribution in [0.15, 0.2) is 28.7 Å². The summed E-state index contributed by atoms with van der Waals surface area (Å²) in [4.78, 5) is 20.8. The van der Waals surface area contributed by atoms with Gasteiger partial charge in [0.1, 0.15) is 5.82 Å². The summed E-state index contributed by atoms with van der Waals surface area (Å²) in [6, 6.07) is 4.22. The maximum Gasteiger partial charge on any atom is 0.194 e. The third-order valence-electron chi connectivity index (χ3n) is 4.81. The molecule has 0 unspecified atom stereocenters. The molecule has 29 heavy (non-hydrogen) atoms. The Labute approximate surface area is 195 Å². The lowest BCUT2D eigenvalue weighted by Crippen LogP contribution is -2.44. The van der Waals surface area contributed by atoms with Crippen LogP contribution in [0.4, 0.5) is 5.82 Å². The van der Waals surface area contributed by atoms with E-state index in [1.807, 2.05) is 13.1 Å². The van der Waals surface area contributed by atoms with E-state index >= 15 is 0 Å². The van der Waals surface area contributed by atoms with Gasteiger partial charge < -0.3 is 20.0 Å². The fourth-order valence-corrected chi connectivity index (χ4v) is 3.81. The second-order valence-corrected chi connectivity index (χ2v) is 8.26. The monoisotopic (exact) mass is 529 g/mol. The fraction of sp³-hybridized carbons (Fsp3) is 0.550. The summed E-state index contributed by atoms with van der Waals surface area (Å²) in [6.07, 6.45) is 1.90. The Morgan fingerprint density at radius 1 is 1.31 bits per heavy atom. The van der Waals surface area contributed by atoms with E-state index in [0.717, 1.165) is 61.7 Å². The SMILES string of the molecule is CCNC(=NCc1ccnc(N2CCN(C)CC2)c1)N(C)Cc1csc(C)n1.I. The zero-order chi connectivity index (χ0) is 19.9. The summed E-state index contributed by atoms with van der Waals surface area (Å²) in [6.45, 7) is 10.5. The zero-order valence-corrected chi connectivity index (χ0v) is 20.9. The highest BCUT2D eigenvalue weighted by Gasteiger charge is 2.15. The third kappa shape index (κ3) is 7.07. The van der Waals surface area contributed by atoms with Crippen LogP contribution in [0.2, 0.25) is 0 Å². The molecule has 0 spiro atoms. The average Bonchev–Trinajstić information content (AvgIpc) is 3.10. The number of thiazole rings is 1. The van der Waals surface area contributed by atoms with Crippen molar-refractivity contribution in [3.05, 3.63) is 40.0 Å². The van der Waals surface area contributed by atoms with Crippen LogP contribution in [0.3, 0.4) is 0 Å². The summed E-state index contributed by atoms with van der Waals surface area (Å²) in [5.74, 6) is 1.95. The quantitative estimate of drug-likeness (QED) is 0.353. The van der Waals surface area contributed by atoms with Gasteiger partial charge in [0.2, 0.25) is 0 Å². The van der Waals surface area contributed by atoms with Gasteiger partial charge in [-0.3, -0.25) is 0 Å². The van der Waals surface area contributed by atoms with Gasteiger partial charge in [0.05, 0.1) is 23.8 Å². The molecule has 1 aliphatic heterocycles. The molecule has 0 amide bonds. The molecule has 1 N–H and O–H groups in total. The Hall–Kier alpha value is -1.46. The number of halogens is 1. The van der Waals surface area contributed by atoms with Crippen LogP contribution in [0.25, 0.3) is 0 Å². The molecule has 1 fully saturated rings. The summed E-state index contributed by atoms with van der Waals surface area (Å²) >= 11 is 1.68. The smallest absolute Gasteiger partial charge is 0.194 e. The van der Waals surface area contributed by atoms with Crippen molar-refractivity contribution in [2.24, 2.45) is 4.99 Å². The van der Waals surface area contributed by atoms with Crippen molar-refractivity contribution in [3.8, 4) is 0 Å². The van der Waals surface area contributed by atoms with Crippen molar-refractivity contribution in [3.63, 3.8) is 0 Å². The van der Waals surface area contributed by atoms with E-state index in [2.05, 4.69) is 68.5 Å². The largest absolute Gasteiger partial charge is 0.357 e. The molecule has 7 nitrogen and oxygen atoms in total. The van der Waals surface area contributed by atoms with Gasteiger partial charge in [-0.1, -0.05) is 0 Å². The van der Waals surface area contributed by atoms with Crippen molar-refractivity contribution in [1.29, 1.82) is 0 Å². The highest BCUT2D eigenvalue weighted by atomic mass is 127. The lowest BCUT2D eigenvalue weighted by molar-refractivity contribution is 0.312. The number of hydrogen-bond donors (Lipinski definition) is 1. The molecule has 1 saturated heterocycles. The van der Waals surface area contributed by atoms with Gasteiger partial charge in [-0.25, -0.2) is 15.0 Å². The summed E-state index contributed by atoms with van der Waals surface area (Å²) in [5, 5.41) is 6.59. The molecule has 9 heteroatoms. The second kappa shape index (κ2) is 11.7. The molecule has 0 saturated carbocycles. The first-order valence-electron chi connectivity index (χ1n) is 9.84. The predicted molar refractivity (Wildman–Crippen MR) is 132 cm³/mol. The molecule has 1 aliphatic rings. The highest BCUT2D eigenvalue weighted by Crippen LogP contribution is 2.16. The molecule has 160 valence electrons. The fourth-order valence-electron chi connectivity index (χ4n) is 3.20. The first-order chi connectivity index (χ1) is 13.5. The van der Waals surface area contributed by atoms with Gasteiger partial charge in [-0.05, 0) is 38.6 Å². The van der Waals surface area contributed by atoms with Crippen molar-refractivity contribution >= 4 is 47.1 Å². The van der Waals surface area contributed by atoms with Crippen LogP contribution in [-0.2, 0) is 13.1 Å². The van der Waals surface area contributed by atoms with E-state index in [4.69, 9.17) is 4.99 Å². The molecule has 3 heterocycles. The number of aromatic nitrogens is 2. The number of aliphatic imine (C=N–C) groups is 1. The number of rotatable bonds is 6. The molecular formula is C20H32IN7S. The van der Waals surface area contributed by atoms with E-state index in [-0.39, 0.29) is 24.0 Å². The molecule has 2 aromatic rings. The predicted octanol–water partition coefficient (Wildman–Crippen LogP) is 2.81. The number of likely N-dealkylation sites (N-methyl/N-ethyl adjacent to an activating group) is 1. The number of nitrogens with zero attached hydrogens (tertiary/aromatic N) is 6. The topological polar surface area (TPSA) is 59.9 Å². The first kappa shape index (κ1) is 23.8. The Morgan fingerprint density at radius 3 is 2.72 bits per heavy atom. The number of aryl methyl sites for hydroxylation is 1. The maximum atomic E-state index is 4.84. The van der Waals surface area contributed by atoms with Crippen molar-refractivity contribution < 1.29 is 0 Å². The number of anilines is 1. The lowest BCUT2D eigenvalue weighted by Gasteiger charge is -2.33. The molecule has 0 aromatic carbocycles. The number of nitrogens with one attached hydrogen (secondary N) is 1. The number of guanidine groups is 1. The Balaban J connectivity index is 0.00000300. The molecule has 0 radical (unpaired) electrons. The van der Waals surface area contributed by atoms with Gasteiger partial charge in [0.15, 0.2) is 5.96 Å². The number of hydrogen-bond acceptors (Lipinski definition) is 6. The molecule has 0 atom stereocenters. The van der Waals surface area contributed by atoms with E-state index in [9.17, 15) is 0 Å². The molecule has 2 aromatic heterocycles. The van der Waals surface area contributed by atoms with E-state index < -0.39 is 0 Å². The van der Waals surface area contributed by atoms with Gasteiger partial charge in [0.25, 0.3) is 0 Å². The normalized spacial score (nSPS) is 15.2. The minimum atomic E-state index is 0. The summed E-state index contributed by atoms with van der Waals surface area (Å²) in [7, 11) is 4.22. The Kier molecular flexibility index (Phi) is 9.57. The van der Waals surface area contributed by atoms with Crippen LogP contribution < -0.4 is 10.2 Å². The van der Waals surface area contributed by atoms with Crippen molar-refractivity contribution in [2.45, 2.75) is 26.9 Å². The van der Waals surface area contributed by atoms with Crippen LogP contribution in [0, 0.1) is 6.92 Å². The summed E-state index contributed by atoms with van der Waals surface area (Å²) < 4.78 is 0. The van der Waals surface area contributed by atoms with Crippen LogP contribution in [0.5, 0.6) is 0 Å². The van der Waals surface area contributed by atoms with Crippen LogP contribution in [-0.4, -0.2) is 72.5 Å². The summed E-state index contributed by atoms with van der Waals surface area (Å²) in [5.41, 5.74) is 2.26. The van der Waals surface area contributed by atoms with Gasteiger partial charge in [-0.2, -0.15) is 0 Å². The first-order valence-corrected chi connectivity index (χ1v) is 10.7. The van der Waals surface area contributed by atoms with Gasteiger partial charge >= 0.3 is 0 Å². The Morgan fingerprint density at radius 2 is 2.07 bits per heavy atom. The number of pyridine rings is 1. The van der Waals surface area contributed by atoms with Crippen molar-refractivity contribution in [2.75, 3.05) is 51.7 Å². The third-order valence-corrected chi connectivity index (χ3v) is 5.63. The zero-order valence-electron chi connectivity index (χ0n) is 17.8. The molecular weight excluding hydrogens is 497 g/mol. The van der Waals surface area contributed by atoms with E-state index in [0.29, 0.717) is 6.54 Å². The molecule has 0 bridgehead atoms. The Bertz CT molecular complexity index is 787. The van der Waals surface area contributed by atoms with Crippen molar-refractivity contribution in [1.82, 2.24) is 25.1 Å². The van der Waals surface area contributed by atoms with Crippen LogP contribution in [0.1, 0.15) is 23.2 Å². The maximum absolute atomic E-state index is 4.84. The van der Waals surface area contributed by atoms with Crippen LogP contribution >= 0.6 is 35.3 Å². The van der Waals surface area contributed by atoms with Gasteiger partial charge in [0, 0.05) is 51.3 Å². The standard InChI is InChI=1S/C20H31N7S.HI/c1-5-21-20(26(4)14-18-15-28-16(2)24-18)23-13-17-6-7-22-19(12-17)27-10-8-25(3)9-11-27;/h6-7,12,15H,5,8-11,13-14H2,1-4H3,(H,21,23);1H. The highest BCUT2D eigenvalue weighted by molar-refractivity contribution is 14.0. The van der Waals surface area contributed by atoms with E-state index in [1.54, 1.807) is 11.3 Å². The lowest BCUT2D eigenvalue weighted by atomic mass is 10.2. The average molecular weight is 529 g/mol. The molecule has 0 aliphatic carbocycles. The van der Waals surface area contributed by atoms with E-state index in [1.165, 1.54) is 5.56 Å². The number of piperazine rings is 1. The molecule has 3 rings (SSSR count). The van der Waals surface area contributed by atoms with Gasteiger partial charge in [-0.15, -0.1) is 35.3 Å². The minimum Gasteiger partial charge on any atom is -0.357 e. The minimum absolute atomic E-state index is 0.